The van der Waals surface area contributed by atoms with Crippen molar-refractivity contribution in [2.24, 2.45) is 7.05 Å². The lowest BCUT2D eigenvalue weighted by molar-refractivity contribution is -0.643. The molecule has 124 valence electrons. The van der Waals surface area contributed by atoms with E-state index in [4.69, 9.17) is 4.98 Å². The maximum absolute atomic E-state index is 4.74. The topological polar surface area (TPSA) is 21.2 Å². The maximum Gasteiger partial charge on any atom is 0.224 e. The molecule has 26 heavy (non-hydrogen) atoms. The fraction of sp³-hybridized carbons (Fsp3) is 0.130. The molecular formula is C23H18N3+. The van der Waals surface area contributed by atoms with Crippen molar-refractivity contribution >= 4 is 49.1 Å². The number of nitrogens with zero attached hydrogens (tertiary/aromatic N) is 3. The Kier molecular flexibility index (Phi) is 2.42. The Hall–Kier alpha value is -3.20. The van der Waals surface area contributed by atoms with Crippen LogP contribution in [-0.2, 0) is 7.05 Å². The highest BCUT2D eigenvalue weighted by molar-refractivity contribution is 6.25. The third-order valence-electron chi connectivity index (χ3n) is 5.94. The molecule has 6 rings (SSSR count). The number of aryl methyl sites for hydroxylation is 3. The Bertz CT molecular complexity index is 1510. The largest absolute Gasteiger partial charge is 0.306 e. The third kappa shape index (κ3) is 1.46. The zero-order valence-electron chi connectivity index (χ0n) is 15.0. The first-order chi connectivity index (χ1) is 12.7. The van der Waals surface area contributed by atoms with Gasteiger partial charge in [-0.2, -0.15) is 0 Å². The molecule has 0 aliphatic rings. The van der Waals surface area contributed by atoms with Crippen LogP contribution in [0.1, 0.15) is 11.1 Å². The zero-order valence-corrected chi connectivity index (χ0v) is 15.0. The number of aromatic nitrogens is 3. The van der Waals surface area contributed by atoms with Crippen LogP contribution in [0.25, 0.3) is 49.1 Å². The van der Waals surface area contributed by atoms with E-state index >= 15 is 0 Å². The lowest BCUT2D eigenvalue weighted by Gasteiger charge is -2.13. The Labute approximate surface area is 150 Å². The summed E-state index contributed by atoms with van der Waals surface area (Å²) in [6, 6.07) is 15.3. The summed E-state index contributed by atoms with van der Waals surface area (Å²) in [5.74, 6) is 0. The van der Waals surface area contributed by atoms with E-state index in [1.165, 1.54) is 54.7 Å². The summed E-state index contributed by atoms with van der Waals surface area (Å²) in [5, 5.41) is 5.18. The molecule has 6 aromatic rings. The quantitative estimate of drug-likeness (QED) is 0.221. The highest BCUT2D eigenvalue weighted by Gasteiger charge is 2.24. The average molecular weight is 336 g/mol. The first-order valence-electron chi connectivity index (χ1n) is 8.98. The molecule has 0 saturated carbocycles. The molecule has 0 unspecified atom stereocenters. The molecule has 0 atom stereocenters. The third-order valence-corrected chi connectivity index (χ3v) is 5.94. The van der Waals surface area contributed by atoms with Crippen LogP contribution in [0.4, 0.5) is 0 Å². The van der Waals surface area contributed by atoms with Crippen LogP contribution >= 0.6 is 0 Å². The van der Waals surface area contributed by atoms with E-state index in [1.54, 1.807) is 0 Å². The van der Waals surface area contributed by atoms with Gasteiger partial charge in [-0.3, -0.25) is 4.98 Å². The van der Waals surface area contributed by atoms with Gasteiger partial charge in [-0.1, -0.05) is 12.1 Å². The van der Waals surface area contributed by atoms with Crippen molar-refractivity contribution in [3.05, 3.63) is 66.0 Å². The minimum atomic E-state index is 1.08. The molecule has 0 bridgehead atoms. The summed E-state index contributed by atoms with van der Waals surface area (Å²) < 4.78 is 4.68. The van der Waals surface area contributed by atoms with Gasteiger partial charge in [0.25, 0.3) is 0 Å². The standard InChI is InChI=1S/C23H18N3/c1-13-12-16-21-18(8-5-10-24-21)26-17-7-4-6-15-9-11-25(3)23(20(15)17)19(14(13)2)22(16)26/h4-12H,1-3H3/q+1. The van der Waals surface area contributed by atoms with Gasteiger partial charge < -0.3 is 4.40 Å². The summed E-state index contributed by atoms with van der Waals surface area (Å²) in [7, 11) is 2.15. The average Bonchev–Trinajstić information content (AvgIpc) is 2.98. The molecular weight excluding hydrogens is 318 g/mol. The SMILES string of the molecule is Cc1cc2c3ncccc3n3c4cccc5cc[n+](C)c(c(c1C)c23)c54. The van der Waals surface area contributed by atoms with Gasteiger partial charge in [0.1, 0.15) is 7.05 Å². The van der Waals surface area contributed by atoms with Gasteiger partial charge >= 0.3 is 0 Å². The molecule has 0 amide bonds. The van der Waals surface area contributed by atoms with Crippen LogP contribution in [0.5, 0.6) is 0 Å². The summed E-state index contributed by atoms with van der Waals surface area (Å²) in [6.07, 6.45) is 4.07. The highest BCUT2D eigenvalue weighted by atomic mass is 15.0. The normalized spacial score (nSPS) is 12.4. The first-order valence-corrected chi connectivity index (χ1v) is 8.98. The number of benzene rings is 2. The van der Waals surface area contributed by atoms with Crippen LogP contribution in [-0.4, -0.2) is 9.38 Å². The smallest absolute Gasteiger partial charge is 0.224 e. The predicted octanol–water partition coefficient (Wildman–Crippen LogP) is 4.83. The Morgan fingerprint density at radius 1 is 0.962 bits per heavy atom. The van der Waals surface area contributed by atoms with Crippen molar-refractivity contribution in [1.82, 2.24) is 9.38 Å². The second-order valence-electron chi connectivity index (χ2n) is 7.31. The van der Waals surface area contributed by atoms with Crippen LogP contribution in [0, 0.1) is 13.8 Å². The molecule has 4 heterocycles. The minimum absolute atomic E-state index is 1.08. The Morgan fingerprint density at radius 2 is 1.81 bits per heavy atom. The summed E-state index contributed by atoms with van der Waals surface area (Å²) in [6.45, 7) is 4.45. The fourth-order valence-corrected chi connectivity index (χ4v) is 4.65. The highest BCUT2D eigenvalue weighted by Crippen LogP contribution is 2.40. The van der Waals surface area contributed by atoms with Crippen molar-refractivity contribution in [2.75, 3.05) is 0 Å². The monoisotopic (exact) mass is 336 g/mol. The van der Waals surface area contributed by atoms with Crippen molar-refractivity contribution in [2.45, 2.75) is 13.8 Å². The molecule has 0 radical (unpaired) electrons. The number of hydrogen-bond donors (Lipinski definition) is 0. The fourth-order valence-electron chi connectivity index (χ4n) is 4.65. The van der Waals surface area contributed by atoms with Gasteiger partial charge in [0, 0.05) is 17.6 Å². The van der Waals surface area contributed by atoms with Crippen LogP contribution in [0.15, 0.2) is 54.9 Å². The van der Waals surface area contributed by atoms with Crippen molar-refractivity contribution < 1.29 is 4.57 Å². The van der Waals surface area contributed by atoms with E-state index in [0.29, 0.717) is 0 Å². The van der Waals surface area contributed by atoms with Crippen molar-refractivity contribution in [3.8, 4) is 0 Å². The minimum Gasteiger partial charge on any atom is -0.306 e. The van der Waals surface area contributed by atoms with Crippen molar-refractivity contribution in [1.29, 1.82) is 0 Å². The molecule has 3 heteroatoms. The Morgan fingerprint density at radius 3 is 2.69 bits per heavy atom. The van der Waals surface area contributed by atoms with Gasteiger partial charge in [-0.25, -0.2) is 4.57 Å². The second-order valence-corrected chi connectivity index (χ2v) is 7.31. The predicted molar refractivity (Wildman–Crippen MR) is 107 cm³/mol. The maximum atomic E-state index is 4.74. The van der Waals surface area contributed by atoms with E-state index < -0.39 is 0 Å². The lowest BCUT2D eigenvalue weighted by Crippen LogP contribution is -2.29. The first kappa shape index (κ1) is 14.0. The van der Waals surface area contributed by atoms with E-state index in [9.17, 15) is 0 Å². The van der Waals surface area contributed by atoms with Gasteiger partial charge in [0.15, 0.2) is 6.20 Å². The molecule has 0 aliphatic carbocycles. The molecule has 0 fully saturated rings. The van der Waals surface area contributed by atoms with Gasteiger partial charge in [0.05, 0.1) is 32.8 Å². The van der Waals surface area contributed by atoms with Crippen molar-refractivity contribution in [3.63, 3.8) is 0 Å². The summed E-state index contributed by atoms with van der Waals surface area (Å²) >= 11 is 0. The van der Waals surface area contributed by atoms with Crippen LogP contribution in [0.2, 0.25) is 0 Å². The summed E-state index contributed by atoms with van der Waals surface area (Å²) in [5.41, 5.74) is 8.76. The second kappa shape index (κ2) is 4.50. The van der Waals surface area contributed by atoms with Gasteiger partial charge in [0.2, 0.25) is 5.52 Å². The number of rotatable bonds is 0. The number of pyridine rings is 3. The van der Waals surface area contributed by atoms with Gasteiger partial charge in [-0.05, 0) is 54.6 Å². The number of fused-ring (bicyclic) bond motifs is 5. The number of hydrogen-bond acceptors (Lipinski definition) is 1. The van der Waals surface area contributed by atoms with Crippen LogP contribution < -0.4 is 4.57 Å². The molecule has 2 aromatic carbocycles. The van der Waals surface area contributed by atoms with E-state index in [0.717, 1.165) is 5.52 Å². The lowest BCUT2D eigenvalue weighted by atomic mass is 9.97. The van der Waals surface area contributed by atoms with E-state index in [-0.39, 0.29) is 0 Å². The molecule has 0 saturated heterocycles. The van der Waals surface area contributed by atoms with Gasteiger partial charge in [-0.15, -0.1) is 0 Å². The molecule has 0 spiro atoms. The molecule has 4 aromatic heterocycles. The van der Waals surface area contributed by atoms with Crippen LogP contribution in [0.3, 0.4) is 0 Å². The molecule has 0 aliphatic heterocycles. The zero-order chi connectivity index (χ0) is 17.6. The van der Waals surface area contributed by atoms with E-state index in [2.05, 4.69) is 72.5 Å². The molecule has 3 nitrogen and oxygen atoms in total. The molecule has 0 N–H and O–H groups in total. The Balaban J connectivity index is 2.18. The van der Waals surface area contributed by atoms with E-state index in [1.807, 2.05) is 12.3 Å². The summed E-state index contributed by atoms with van der Waals surface area (Å²) in [4.78, 5) is 4.74.